The summed E-state index contributed by atoms with van der Waals surface area (Å²) in [5, 5.41) is 3.95. The molecular formula is C10H10ClN3S2. The van der Waals surface area contributed by atoms with Crippen LogP contribution in [0.15, 0.2) is 23.1 Å². The Morgan fingerprint density at radius 1 is 1.50 bits per heavy atom. The van der Waals surface area contributed by atoms with Crippen molar-refractivity contribution in [3.05, 3.63) is 33.8 Å². The number of hydrogen-bond acceptors (Lipinski definition) is 5. The van der Waals surface area contributed by atoms with Gasteiger partial charge in [0.2, 0.25) is 0 Å². The summed E-state index contributed by atoms with van der Waals surface area (Å²) in [6.45, 7) is 2.02. The average molecular weight is 272 g/mol. The number of anilines is 1. The van der Waals surface area contributed by atoms with E-state index in [9.17, 15) is 0 Å². The number of hydrogen-bond donors (Lipinski definition) is 1. The van der Waals surface area contributed by atoms with Crippen molar-refractivity contribution in [3.8, 4) is 0 Å². The summed E-state index contributed by atoms with van der Waals surface area (Å²) in [5.74, 6) is 0.697. The zero-order valence-corrected chi connectivity index (χ0v) is 11.0. The molecule has 0 aliphatic carbocycles. The number of aryl methyl sites for hydroxylation is 1. The van der Waals surface area contributed by atoms with Crippen molar-refractivity contribution in [1.29, 1.82) is 0 Å². The first-order valence-corrected chi connectivity index (χ1v) is 6.76. The molecule has 1 aromatic heterocycles. The maximum Gasteiger partial charge on any atom is 0.138 e. The smallest absolute Gasteiger partial charge is 0.138 e. The molecule has 0 radical (unpaired) electrons. The summed E-state index contributed by atoms with van der Waals surface area (Å²) in [5.41, 5.74) is 8.69. The molecule has 0 bridgehead atoms. The Hall–Kier alpha value is -0.780. The summed E-state index contributed by atoms with van der Waals surface area (Å²) in [4.78, 5) is 1.05. The van der Waals surface area contributed by atoms with Crippen LogP contribution in [0.1, 0.15) is 11.3 Å². The van der Waals surface area contributed by atoms with E-state index in [1.165, 1.54) is 11.5 Å². The molecule has 2 N–H and O–H groups in total. The number of aromatic nitrogens is 2. The second-order valence-electron chi connectivity index (χ2n) is 3.32. The third kappa shape index (κ3) is 2.66. The number of benzene rings is 1. The van der Waals surface area contributed by atoms with E-state index in [0.29, 0.717) is 10.1 Å². The minimum Gasteiger partial charge on any atom is -0.398 e. The molecule has 0 saturated heterocycles. The summed E-state index contributed by atoms with van der Waals surface area (Å²) >= 11 is 8.75. The van der Waals surface area contributed by atoms with Crippen LogP contribution in [-0.2, 0) is 5.75 Å². The molecule has 1 heterocycles. The Kier molecular flexibility index (Phi) is 3.68. The van der Waals surface area contributed by atoms with Gasteiger partial charge in [-0.05, 0) is 24.6 Å². The Balaban J connectivity index is 2.08. The minimum absolute atomic E-state index is 0.651. The van der Waals surface area contributed by atoms with Crippen molar-refractivity contribution in [1.82, 2.24) is 9.59 Å². The molecule has 2 rings (SSSR count). The molecule has 16 heavy (non-hydrogen) atoms. The molecule has 0 fully saturated rings. The van der Waals surface area contributed by atoms with Gasteiger partial charge in [-0.1, -0.05) is 22.2 Å². The highest BCUT2D eigenvalue weighted by atomic mass is 35.5. The maximum absolute atomic E-state index is 5.92. The molecule has 0 spiro atoms. The lowest BCUT2D eigenvalue weighted by Crippen LogP contribution is -1.90. The quantitative estimate of drug-likeness (QED) is 0.687. The molecule has 0 unspecified atom stereocenters. The lowest BCUT2D eigenvalue weighted by atomic mass is 10.2. The van der Waals surface area contributed by atoms with Crippen LogP contribution in [0.4, 0.5) is 5.69 Å². The Labute approximate surface area is 107 Å². The van der Waals surface area contributed by atoms with E-state index in [0.717, 1.165) is 21.8 Å². The first-order valence-electron chi connectivity index (χ1n) is 4.62. The summed E-state index contributed by atoms with van der Waals surface area (Å²) in [6.07, 6.45) is 0. The van der Waals surface area contributed by atoms with Crippen LogP contribution in [0.2, 0.25) is 4.34 Å². The monoisotopic (exact) mass is 271 g/mol. The van der Waals surface area contributed by atoms with Gasteiger partial charge < -0.3 is 5.73 Å². The number of nitrogens with two attached hydrogens (primary N) is 1. The fraction of sp³-hybridized carbons (Fsp3) is 0.200. The van der Waals surface area contributed by atoms with Crippen LogP contribution in [0.25, 0.3) is 0 Å². The predicted octanol–water partition coefficient (Wildman–Crippen LogP) is 3.37. The van der Waals surface area contributed by atoms with Crippen LogP contribution in [-0.4, -0.2) is 9.59 Å². The van der Waals surface area contributed by atoms with E-state index in [2.05, 4.69) is 9.59 Å². The third-order valence-corrected chi connectivity index (χ3v) is 4.12. The highest BCUT2D eigenvalue weighted by Gasteiger charge is 2.07. The second-order valence-corrected chi connectivity index (χ2v) is 5.70. The van der Waals surface area contributed by atoms with Crippen molar-refractivity contribution in [2.45, 2.75) is 17.6 Å². The van der Waals surface area contributed by atoms with E-state index in [1.54, 1.807) is 11.8 Å². The van der Waals surface area contributed by atoms with Crippen molar-refractivity contribution in [2.24, 2.45) is 0 Å². The van der Waals surface area contributed by atoms with Gasteiger partial charge in [0.1, 0.15) is 10.0 Å². The second kappa shape index (κ2) is 5.03. The molecule has 0 aliphatic heterocycles. The van der Waals surface area contributed by atoms with Crippen molar-refractivity contribution in [2.75, 3.05) is 5.73 Å². The number of thioether (sulfide) groups is 1. The zero-order valence-electron chi connectivity index (χ0n) is 8.61. The van der Waals surface area contributed by atoms with Crippen LogP contribution in [0.5, 0.6) is 0 Å². The molecule has 2 aromatic rings. The van der Waals surface area contributed by atoms with E-state index < -0.39 is 0 Å². The highest BCUT2D eigenvalue weighted by molar-refractivity contribution is 7.98. The molecule has 84 valence electrons. The molecule has 6 heteroatoms. The minimum atomic E-state index is 0.651. The lowest BCUT2D eigenvalue weighted by Gasteiger charge is -2.04. The molecule has 0 aliphatic rings. The van der Waals surface area contributed by atoms with Crippen LogP contribution < -0.4 is 5.73 Å². The Bertz CT molecular complexity index is 499. The molecule has 0 atom stereocenters. The van der Waals surface area contributed by atoms with Crippen LogP contribution in [0.3, 0.4) is 0 Å². The largest absolute Gasteiger partial charge is 0.398 e. The van der Waals surface area contributed by atoms with Gasteiger partial charge in [0.05, 0.1) is 0 Å². The van der Waals surface area contributed by atoms with E-state index in [-0.39, 0.29) is 0 Å². The topological polar surface area (TPSA) is 51.8 Å². The first-order chi connectivity index (χ1) is 7.66. The van der Waals surface area contributed by atoms with Gasteiger partial charge in [0.15, 0.2) is 0 Å². The van der Waals surface area contributed by atoms with Crippen LogP contribution >= 0.6 is 34.9 Å². The number of halogens is 1. The number of nitrogens with zero attached hydrogens (tertiary/aromatic N) is 2. The maximum atomic E-state index is 5.92. The fourth-order valence-corrected chi connectivity index (χ4v) is 2.91. The number of rotatable bonds is 3. The third-order valence-electron chi connectivity index (χ3n) is 2.04. The van der Waals surface area contributed by atoms with Gasteiger partial charge in [-0.3, -0.25) is 0 Å². The Morgan fingerprint density at radius 2 is 2.31 bits per heavy atom. The van der Waals surface area contributed by atoms with E-state index in [4.69, 9.17) is 17.3 Å². The first kappa shape index (κ1) is 11.7. The lowest BCUT2D eigenvalue weighted by molar-refractivity contribution is 1.07. The Morgan fingerprint density at radius 3 is 2.94 bits per heavy atom. The average Bonchev–Trinajstić information content (AvgIpc) is 2.63. The number of nitrogen functional groups attached to an aromatic ring is 1. The normalized spacial score (nSPS) is 10.6. The van der Waals surface area contributed by atoms with Crippen LogP contribution in [0, 0.1) is 6.92 Å². The van der Waals surface area contributed by atoms with Gasteiger partial charge in [-0.15, -0.1) is 16.9 Å². The molecule has 1 aromatic carbocycles. The van der Waals surface area contributed by atoms with E-state index in [1.807, 2.05) is 25.1 Å². The SMILES string of the molecule is Cc1ccc(SCc2nnsc2Cl)c(N)c1. The summed E-state index contributed by atoms with van der Waals surface area (Å²) in [6, 6.07) is 6.02. The molecular weight excluding hydrogens is 262 g/mol. The van der Waals surface area contributed by atoms with Gasteiger partial charge in [-0.2, -0.15) is 0 Å². The zero-order chi connectivity index (χ0) is 11.5. The van der Waals surface area contributed by atoms with Gasteiger partial charge in [0.25, 0.3) is 0 Å². The predicted molar refractivity (Wildman–Crippen MR) is 70.1 cm³/mol. The molecule has 0 amide bonds. The van der Waals surface area contributed by atoms with Gasteiger partial charge >= 0.3 is 0 Å². The summed E-state index contributed by atoms with van der Waals surface area (Å²) < 4.78 is 4.44. The molecule has 3 nitrogen and oxygen atoms in total. The van der Waals surface area contributed by atoms with Gasteiger partial charge in [-0.25, -0.2) is 0 Å². The van der Waals surface area contributed by atoms with Crippen molar-refractivity contribution < 1.29 is 0 Å². The van der Waals surface area contributed by atoms with E-state index >= 15 is 0 Å². The fourth-order valence-electron chi connectivity index (χ4n) is 1.23. The standard InChI is InChI=1S/C10H10ClN3S2/c1-6-2-3-9(7(12)4-6)15-5-8-10(11)16-14-13-8/h2-4H,5,12H2,1H3. The molecule has 0 saturated carbocycles. The summed E-state index contributed by atoms with van der Waals surface area (Å²) in [7, 11) is 0. The van der Waals surface area contributed by atoms with Gasteiger partial charge in [0, 0.05) is 27.9 Å². The van der Waals surface area contributed by atoms with Crippen molar-refractivity contribution in [3.63, 3.8) is 0 Å². The highest BCUT2D eigenvalue weighted by Crippen LogP contribution is 2.30. The van der Waals surface area contributed by atoms with Crippen molar-refractivity contribution >= 4 is 40.6 Å².